The Labute approximate surface area is 90.7 Å². The number of anilines is 1. The van der Waals surface area contributed by atoms with Crippen molar-refractivity contribution < 1.29 is 4.79 Å². The quantitative estimate of drug-likeness (QED) is 0.740. The van der Waals surface area contributed by atoms with E-state index >= 15 is 0 Å². The molecular formula is C12H18N2O. The van der Waals surface area contributed by atoms with Crippen LogP contribution in [-0.2, 0) is 6.42 Å². The van der Waals surface area contributed by atoms with Crippen LogP contribution in [0.2, 0.25) is 0 Å². The van der Waals surface area contributed by atoms with Gasteiger partial charge in [0, 0.05) is 17.8 Å². The summed E-state index contributed by atoms with van der Waals surface area (Å²) in [6, 6.07) is 5.50. The number of aryl methyl sites for hydroxylation is 1. The van der Waals surface area contributed by atoms with Crippen LogP contribution in [0.15, 0.2) is 18.2 Å². The Balaban J connectivity index is 2.83. The van der Waals surface area contributed by atoms with Gasteiger partial charge in [-0.2, -0.15) is 0 Å². The summed E-state index contributed by atoms with van der Waals surface area (Å²) in [4.78, 5) is 11.7. The summed E-state index contributed by atoms with van der Waals surface area (Å²) in [5.41, 5.74) is 8.12. The molecule has 3 heteroatoms. The molecule has 0 saturated carbocycles. The second kappa shape index (κ2) is 5.39. The summed E-state index contributed by atoms with van der Waals surface area (Å²) >= 11 is 0. The van der Waals surface area contributed by atoms with Gasteiger partial charge in [0.05, 0.1) is 0 Å². The van der Waals surface area contributed by atoms with E-state index in [9.17, 15) is 4.79 Å². The molecule has 0 radical (unpaired) electrons. The van der Waals surface area contributed by atoms with Gasteiger partial charge in [0.25, 0.3) is 5.91 Å². The van der Waals surface area contributed by atoms with Crippen molar-refractivity contribution in [3.63, 3.8) is 0 Å². The summed E-state index contributed by atoms with van der Waals surface area (Å²) in [6.45, 7) is 4.77. The summed E-state index contributed by atoms with van der Waals surface area (Å²) in [7, 11) is 0. The topological polar surface area (TPSA) is 55.1 Å². The third-order valence-electron chi connectivity index (χ3n) is 2.22. The number of carbonyl (C=O) groups excluding carboxylic acids is 1. The van der Waals surface area contributed by atoms with Crippen molar-refractivity contribution in [2.45, 2.75) is 26.7 Å². The maximum Gasteiger partial charge on any atom is 0.251 e. The van der Waals surface area contributed by atoms with E-state index in [4.69, 9.17) is 5.73 Å². The molecule has 3 nitrogen and oxygen atoms in total. The van der Waals surface area contributed by atoms with Crippen LogP contribution in [0.4, 0.5) is 5.69 Å². The third-order valence-corrected chi connectivity index (χ3v) is 2.22. The summed E-state index contributed by atoms with van der Waals surface area (Å²) in [6.07, 6.45) is 1.83. The van der Waals surface area contributed by atoms with Gasteiger partial charge in [-0.15, -0.1) is 0 Å². The molecule has 0 fully saturated rings. The van der Waals surface area contributed by atoms with Crippen LogP contribution in [0.25, 0.3) is 0 Å². The number of nitrogens with two attached hydrogens (primary N) is 1. The number of hydrogen-bond acceptors (Lipinski definition) is 2. The van der Waals surface area contributed by atoms with Crippen LogP contribution in [-0.4, -0.2) is 12.5 Å². The number of rotatable bonds is 4. The molecule has 0 aliphatic carbocycles. The first kappa shape index (κ1) is 11.6. The van der Waals surface area contributed by atoms with Gasteiger partial charge in [0.2, 0.25) is 0 Å². The number of amides is 1. The highest BCUT2D eigenvalue weighted by Crippen LogP contribution is 2.12. The van der Waals surface area contributed by atoms with Gasteiger partial charge in [0.15, 0.2) is 0 Å². The van der Waals surface area contributed by atoms with Crippen molar-refractivity contribution in [3.8, 4) is 0 Å². The molecule has 0 atom stereocenters. The van der Waals surface area contributed by atoms with Crippen molar-refractivity contribution in [3.05, 3.63) is 29.3 Å². The molecule has 82 valence electrons. The summed E-state index contributed by atoms with van der Waals surface area (Å²) < 4.78 is 0. The van der Waals surface area contributed by atoms with Gasteiger partial charge in [-0.25, -0.2) is 0 Å². The van der Waals surface area contributed by atoms with E-state index < -0.39 is 0 Å². The molecule has 0 spiro atoms. The highest BCUT2D eigenvalue weighted by atomic mass is 16.1. The number of hydrogen-bond donors (Lipinski definition) is 2. The molecule has 0 aliphatic heterocycles. The van der Waals surface area contributed by atoms with Gasteiger partial charge >= 0.3 is 0 Å². The van der Waals surface area contributed by atoms with Crippen molar-refractivity contribution in [1.82, 2.24) is 5.32 Å². The minimum Gasteiger partial charge on any atom is -0.399 e. The molecule has 0 saturated heterocycles. The highest BCUT2D eigenvalue weighted by molar-refractivity contribution is 5.95. The zero-order valence-corrected chi connectivity index (χ0v) is 9.34. The van der Waals surface area contributed by atoms with E-state index in [1.165, 1.54) is 0 Å². The van der Waals surface area contributed by atoms with Gasteiger partial charge < -0.3 is 11.1 Å². The normalized spacial score (nSPS) is 10.0. The Morgan fingerprint density at radius 2 is 2.07 bits per heavy atom. The second-order valence-electron chi connectivity index (χ2n) is 3.57. The zero-order chi connectivity index (χ0) is 11.3. The molecule has 0 aromatic heterocycles. The van der Waals surface area contributed by atoms with E-state index in [-0.39, 0.29) is 5.91 Å². The van der Waals surface area contributed by atoms with Crippen LogP contribution in [0.5, 0.6) is 0 Å². The Bertz CT molecular complexity index is 347. The fourth-order valence-corrected chi connectivity index (χ4v) is 1.39. The first-order valence-corrected chi connectivity index (χ1v) is 5.35. The molecule has 3 N–H and O–H groups in total. The Hall–Kier alpha value is -1.51. The molecule has 0 heterocycles. The lowest BCUT2D eigenvalue weighted by Gasteiger charge is -2.06. The summed E-state index contributed by atoms with van der Waals surface area (Å²) in [5, 5.41) is 2.83. The summed E-state index contributed by atoms with van der Waals surface area (Å²) in [5.74, 6) is -0.0427. The average molecular weight is 206 g/mol. The molecule has 1 aromatic carbocycles. The number of nitrogens with one attached hydrogen (secondary N) is 1. The second-order valence-corrected chi connectivity index (χ2v) is 3.57. The number of carbonyl (C=O) groups is 1. The van der Waals surface area contributed by atoms with Crippen molar-refractivity contribution in [1.29, 1.82) is 0 Å². The Morgan fingerprint density at radius 1 is 1.33 bits per heavy atom. The molecule has 0 bridgehead atoms. The van der Waals surface area contributed by atoms with E-state index in [1.807, 2.05) is 26.0 Å². The van der Waals surface area contributed by atoms with Crippen LogP contribution in [0.1, 0.15) is 36.2 Å². The first-order valence-electron chi connectivity index (χ1n) is 5.35. The van der Waals surface area contributed by atoms with Crippen molar-refractivity contribution in [2.75, 3.05) is 12.3 Å². The van der Waals surface area contributed by atoms with E-state index in [1.54, 1.807) is 6.07 Å². The number of benzene rings is 1. The van der Waals surface area contributed by atoms with Gasteiger partial charge in [-0.05, 0) is 36.6 Å². The molecule has 15 heavy (non-hydrogen) atoms. The highest BCUT2D eigenvalue weighted by Gasteiger charge is 2.06. The SMILES string of the molecule is CCCNC(=O)c1cc(N)cc(CC)c1. The molecule has 0 aliphatic rings. The van der Waals surface area contributed by atoms with Crippen LogP contribution in [0, 0.1) is 0 Å². The average Bonchev–Trinajstić information content (AvgIpc) is 2.24. The van der Waals surface area contributed by atoms with Crippen molar-refractivity contribution in [2.24, 2.45) is 0 Å². The minimum absolute atomic E-state index is 0.0427. The molecule has 1 aromatic rings. The molecular weight excluding hydrogens is 188 g/mol. The lowest BCUT2D eigenvalue weighted by atomic mass is 10.1. The number of nitrogen functional groups attached to an aromatic ring is 1. The fraction of sp³-hybridized carbons (Fsp3) is 0.417. The largest absolute Gasteiger partial charge is 0.399 e. The molecule has 1 rings (SSSR count). The van der Waals surface area contributed by atoms with Crippen LogP contribution < -0.4 is 11.1 Å². The third kappa shape index (κ3) is 3.27. The minimum atomic E-state index is -0.0427. The van der Waals surface area contributed by atoms with E-state index in [0.29, 0.717) is 17.8 Å². The standard InChI is InChI=1S/C12H18N2O/c1-3-5-14-12(15)10-6-9(4-2)7-11(13)8-10/h6-8H,3-5,13H2,1-2H3,(H,14,15). The Kier molecular flexibility index (Phi) is 4.16. The molecule has 0 unspecified atom stereocenters. The van der Waals surface area contributed by atoms with Gasteiger partial charge in [0.1, 0.15) is 0 Å². The fourth-order valence-electron chi connectivity index (χ4n) is 1.39. The lowest BCUT2D eigenvalue weighted by molar-refractivity contribution is 0.0953. The van der Waals surface area contributed by atoms with E-state index in [2.05, 4.69) is 5.32 Å². The van der Waals surface area contributed by atoms with Crippen molar-refractivity contribution >= 4 is 11.6 Å². The zero-order valence-electron chi connectivity index (χ0n) is 9.34. The first-order chi connectivity index (χ1) is 7.17. The maximum absolute atomic E-state index is 11.7. The molecule has 1 amide bonds. The smallest absolute Gasteiger partial charge is 0.251 e. The van der Waals surface area contributed by atoms with Gasteiger partial charge in [-0.3, -0.25) is 4.79 Å². The lowest BCUT2D eigenvalue weighted by Crippen LogP contribution is -2.24. The maximum atomic E-state index is 11.7. The Morgan fingerprint density at radius 3 is 2.67 bits per heavy atom. The van der Waals surface area contributed by atoms with E-state index in [0.717, 1.165) is 18.4 Å². The predicted molar refractivity (Wildman–Crippen MR) is 62.9 cm³/mol. The monoisotopic (exact) mass is 206 g/mol. The van der Waals surface area contributed by atoms with Crippen LogP contribution >= 0.6 is 0 Å². The van der Waals surface area contributed by atoms with Crippen LogP contribution in [0.3, 0.4) is 0 Å². The predicted octanol–water partition coefficient (Wildman–Crippen LogP) is 1.97. The van der Waals surface area contributed by atoms with Gasteiger partial charge in [-0.1, -0.05) is 13.8 Å².